The Labute approximate surface area is 190 Å². The number of hydrogen-bond acceptors (Lipinski definition) is 1. The highest BCUT2D eigenvalue weighted by molar-refractivity contribution is 5.84. The molecule has 1 spiro atoms. The minimum Gasteiger partial charge on any atom is -0.257 e. The van der Waals surface area contributed by atoms with Crippen molar-refractivity contribution in [3.05, 3.63) is 95.4 Å². The molecule has 4 aromatic rings. The largest absolute Gasteiger partial charge is 0.257 e. The molecular weight excluding hydrogens is 388 g/mol. The van der Waals surface area contributed by atoms with Gasteiger partial charge in [-0.05, 0) is 66.6 Å². The van der Waals surface area contributed by atoms with Crippen LogP contribution in [0.4, 0.5) is 0 Å². The molecule has 2 nitrogen and oxygen atoms in total. The molecule has 32 heavy (non-hydrogen) atoms. The average Bonchev–Trinajstić information content (AvgIpc) is 3.39. The second-order valence-electron chi connectivity index (χ2n) is 9.63. The molecule has 2 aromatic heterocycles. The zero-order chi connectivity index (χ0) is 21.9. The third-order valence-corrected chi connectivity index (χ3v) is 7.65. The van der Waals surface area contributed by atoms with Crippen molar-refractivity contribution in [1.29, 1.82) is 0 Å². The molecule has 1 fully saturated rings. The molecule has 2 heterocycles. The van der Waals surface area contributed by atoms with Crippen molar-refractivity contribution in [2.24, 2.45) is 7.05 Å². The van der Waals surface area contributed by atoms with E-state index in [2.05, 4.69) is 98.4 Å². The summed E-state index contributed by atoms with van der Waals surface area (Å²) in [5.74, 6) is 0. The van der Waals surface area contributed by atoms with Crippen LogP contribution < -0.4 is 4.57 Å². The molecule has 6 rings (SSSR count). The van der Waals surface area contributed by atoms with Gasteiger partial charge in [-0.3, -0.25) is 4.98 Å². The molecule has 0 N–H and O–H groups in total. The van der Waals surface area contributed by atoms with Crippen LogP contribution in [0, 0.1) is 13.8 Å². The first-order valence-electron chi connectivity index (χ1n) is 11.8. The minimum atomic E-state index is 0.0920. The summed E-state index contributed by atoms with van der Waals surface area (Å²) in [6.45, 7) is 4.38. The molecule has 0 saturated heterocycles. The summed E-state index contributed by atoms with van der Waals surface area (Å²) in [6, 6.07) is 24.6. The van der Waals surface area contributed by atoms with E-state index in [0.717, 1.165) is 5.69 Å². The van der Waals surface area contributed by atoms with Gasteiger partial charge in [-0.1, -0.05) is 55.3 Å². The van der Waals surface area contributed by atoms with Gasteiger partial charge in [-0.15, -0.1) is 0 Å². The number of nitrogens with zero attached hydrogens (tertiary/aromatic N) is 2. The highest BCUT2D eigenvalue weighted by Crippen LogP contribution is 2.57. The molecule has 0 aliphatic heterocycles. The van der Waals surface area contributed by atoms with Gasteiger partial charge in [0.15, 0.2) is 6.20 Å². The molecule has 2 heteroatoms. The van der Waals surface area contributed by atoms with E-state index < -0.39 is 0 Å². The summed E-state index contributed by atoms with van der Waals surface area (Å²) in [5, 5.41) is 0. The Kier molecular flexibility index (Phi) is 4.33. The maximum atomic E-state index is 5.10. The van der Waals surface area contributed by atoms with E-state index in [4.69, 9.17) is 4.98 Å². The van der Waals surface area contributed by atoms with Crippen LogP contribution in [-0.2, 0) is 12.5 Å². The van der Waals surface area contributed by atoms with Crippen molar-refractivity contribution in [3.8, 4) is 33.5 Å². The van der Waals surface area contributed by atoms with E-state index in [-0.39, 0.29) is 5.41 Å². The molecule has 0 bridgehead atoms. The molecular formula is C30H29N2+. The summed E-state index contributed by atoms with van der Waals surface area (Å²) in [6.07, 6.45) is 7.18. The summed E-state index contributed by atoms with van der Waals surface area (Å²) < 4.78 is 2.26. The van der Waals surface area contributed by atoms with Crippen molar-refractivity contribution in [2.75, 3.05) is 0 Å². The second kappa shape index (κ2) is 7.13. The topological polar surface area (TPSA) is 16.8 Å². The predicted molar refractivity (Wildman–Crippen MR) is 130 cm³/mol. The lowest BCUT2D eigenvalue weighted by Crippen LogP contribution is -2.30. The van der Waals surface area contributed by atoms with E-state index in [1.807, 2.05) is 0 Å². The monoisotopic (exact) mass is 417 g/mol. The summed E-state index contributed by atoms with van der Waals surface area (Å²) in [7, 11) is 2.15. The Morgan fingerprint density at radius 1 is 0.781 bits per heavy atom. The predicted octanol–water partition coefficient (Wildman–Crippen LogP) is 6.70. The fourth-order valence-corrected chi connectivity index (χ4v) is 6.00. The number of hydrogen-bond donors (Lipinski definition) is 0. The Hall–Kier alpha value is -3.26. The van der Waals surface area contributed by atoms with Gasteiger partial charge in [0.1, 0.15) is 7.05 Å². The van der Waals surface area contributed by atoms with Crippen LogP contribution in [0.25, 0.3) is 33.5 Å². The van der Waals surface area contributed by atoms with Crippen LogP contribution in [0.1, 0.15) is 48.2 Å². The molecule has 0 unspecified atom stereocenters. The first-order chi connectivity index (χ1) is 15.6. The van der Waals surface area contributed by atoms with Crippen LogP contribution in [0.2, 0.25) is 0 Å². The van der Waals surface area contributed by atoms with Crippen LogP contribution in [0.15, 0.2) is 72.9 Å². The van der Waals surface area contributed by atoms with Crippen molar-refractivity contribution < 1.29 is 4.57 Å². The lowest BCUT2D eigenvalue weighted by atomic mass is 9.78. The van der Waals surface area contributed by atoms with Crippen LogP contribution in [-0.4, -0.2) is 4.98 Å². The minimum absolute atomic E-state index is 0.0920. The quantitative estimate of drug-likeness (QED) is 0.332. The van der Waals surface area contributed by atoms with E-state index in [0.29, 0.717) is 0 Å². The number of pyridine rings is 2. The first kappa shape index (κ1) is 19.4. The maximum Gasteiger partial charge on any atom is 0.213 e. The number of benzene rings is 2. The van der Waals surface area contributed by atoms with Gasteiger partial charge in [-0.2, -0.15) is 0 Å². The van der Waals surface area contributed by atoms with Crippen LogP contribution in [0.5, 0.6) is 0 Å². The zero-order valence-electron chi connectivity index (χ0n) is 19.2. The highest BCUT2D eigenvalue weighted by atomic mass is 14.9. The molecule has 2 aliphatic rings. The molecule has 0 amide bonds. The Bertz CT molecular complexity index is 1350. The molecule has 2 aromatic carbocycles. The van der Waals surface area contributed by atoms with Gasteiger partial charge >= 0.3 is 0 Å². The van der Waals surface area contributed by atoms with Gasteiger partial charge in [0.05, 0.1) is 5.69 Å². The van der Waals surface area contributed by atoms with Gasteiger partial charge in [0, 0.05) is 34.4 Å². The van der Waals surface area contributed by atoms with Gasteiger partial charge in [-0.25, -0.2) is 4.57 Å². The van der Waals surface area contributed by atoms with Crippen molar-refractivity contribution in [1.82, 2.24) is 4.98 Å². The van der Waals surface area contributed by atoms with E-state index in [1.165, 1.54) is 76.0 Å². The third kappa shape index (κ3) is 2.79. The smallest absolute Gasteiger partial charge is 0.213 e. The number of rotatable bonds is 2. The van der Waals surface area contributed by atoms with Gasteiger partial charge in [0.25, 0.3) is 0 Å². The van der Waals surface area contributed by atoms with Crippen LogP contribution >= 0.6 is 0 Å². The normalized spacial score (nSPS) is 15.7. The molecule has 0 radical (unpaired) electrons. The number of aromatic nitrogens is 2. The molecule has 0 atom stereocenters. The average molecular weight is 418 g/mol. The van der Waals surface area contributed by atoms with E-state index in [1.54, 1.807) is 0 Å². The summed E-state index contributed by atoms with van der Waals surface area (Å²) >= 11 is 0. The maximum absolute atomic E-state index is 5.10. The summed E-state index contributed by atoms with van der Waals surface area (Å²) in [4.78, 5) is 5.10. The fraction of sp³-hybridized carbons (Fsp3) is 0.267. The fourth-order valence-electron chi connectivity index (χ4n) is 6.00. The zero-order valence-corrected chi connectivity index (χ0v) is 19.2. The Morgan fingerprint density at radius 3 is 2.34 bits per heavy atom. The summed E-state index contributed by atoms with van der Waals surface area (Å²) in [5.41, 5.74) is 13.2. The van der Waals surface area contributed by atoms with Gasteiger partial charge in [0.2, 0.25) is 5.69 Å². The molecule has 158 valence electrons. The second-order valence-corrected chi connectivity index (χ2v) is 9.63. The highest BCUT2D eigenvalue weighted by Gasteiger charge is 2.47. The number of fused-ring (bicyclic) bond motifs is 5. The molecule has 2 aliphatic carbocycles. The molecule has 1 saturated carbocycles. The van der Waals surface area contributed by atoms with Crippen molar-refractivity contribution in [3.63, 3.8) is 0 Å². The third-order valence-electron chi connectivity index (χ3n) is 7.65. The Morgan fingerprint density at radius 2 is 1.56 bits per heavy atom. The lowest BCUT2D eigenvalue weighted by Gasteiger charge is -2.26. The van der Waals surface area contributed by atoms with Crippen molar-refractivity contribution in [2.45, 2.75) is 44.9 Å². The lowest BCUT2D eigenvalue weighted by molar-refractivity contribution is -0.660. The first-order valence-corrected chi connectivity index (χ1v) is 11.8. The number of aryl methyl sites for hydroxylation is 3. The van der Waals surface area contributed by atoms with Crippen molar-refractivity contribution >= 4 is 0 Å². The Balaban J connectivity index is 1.56. The van der Waals surface area contributed by atoms with Crippen LogP contribution in [0.3, 0.4) is 0 Å². The SMILES string of the molecule is Cc1ccc2c(n1)C1(CCCC1)c1cc(-c3cc(-c4ccccc4)cc[n+]3C)c(C)cc1-2. The van der Waals surface area contributed by atoms with E-state index in [9.17, 15) is 0 Å². The standard InChI is InChI=1S/C30H29N2/c1-20-17-26-24-12-11-21(2)31-29(24)30(14-7-8-15-30)27(26)19-25(20)28-18-23(13-16-32(28)3)22-9-5-4-6-10-22/h4-6,9-13,16-19H,7-8,14-15H2,1-3H3/q+1. The van der Waals surface area contributed by atoms with E-state index >= 15 is 0 Å². The van der Waals surface area contributed by atoms with Gasteiger partial charge < -0.3 is 0 Å².